The summed E-state index contributed by atoms with van der Waals surface area (Å²) in [4.78, 5) is 10.2. The zero-order valence-corrected chi connectivity index (χ0v) is 7.34. The van der Waals surface area contributed by atoms with E-state index < -0.39 is 0 Å². The van der Waals surface area contributed by atoms with Gasteiger partial charge in [-0.25, -0.2) is 0 Å². The Labute approximate surface area is 68.4 Å². The number of hydrogen-bond donors (Lipinski definition) is 1. The Kier molecular flexibility index (Phi) is 2.92. The third-order valence-corrected chi connectivity index (χ3v) is 2.99. The molecule has 2 nitrogen and oxygen atoms in total. The summed E-state index contributed by atoms with van der Waals surface area (Å²) in [5.41, 5.74) is 0. The topological polar surface area (TPSA) is 29.1 Å². The van der Waals surface area contributed by atoms with Crippen LogP contribution in [0.3, 0.4) is 0 Å². The van der Waals surface area contributed by atoms with Gasteiger partial charge in [0, 0.05) is 6.04 Å². The van der Waals surface area contributed by atoms with Gasteiger partial charge in [-0.2, -0.15) is 0 Å². The van der Waals surface area contributed by atoms with Crippen LogP contribution in [0.4, 0.5) is 0 Å². The highest BCUT2D eigenvalue weighted by Gasteiger charge is 2.25. The van der Waals surface area contributed by atoms with E-state index in [9.17, 15) is 4.79 Å². The molecule has 1 fully saturated rings. The zero-order chi connectivity index (χ0) is 8.27. The third kappa shape index (κ3) is 1.95. The second kappa shape index (κ2) is 3.74. The molecule has 1 aliphatic rings. The maximum absolute atomic E-state index is 10.2. The van der Waals surface area contributed by atoms with Gasteiger partial charge in [-0.05, 0) is 18.3 Å². The van der Waals surface area contributed by atoms with Crippen LogP contribution in [0.15, 0.2) is 0 Å². The quantitative estimate of drug-likeness (QED) is 0.602. The van der Waals surface area contributed by atoms with E-state index in [0.29, 0.717) is 12.0 Å². The van der Waals surface area contributed by atoms with Gasteiger partial charge in [-0.3, -0.25) is 4.79 Å². The summed E-state index contributed by atoms with van der Waals surface area (Å²) < 4.78 is 0. The van der Waals surface area contributed by atoms with Gasteiger partial charge in [-0.15, -0.1) is 0 Å². The summed E-state index contributed by atoms with van der Waals surface area (Å²) in [6.07, 6.45) is 4.57. The van der Waals surface area contributed by atoms with Crippen LogP contribution in [0, 0.1) is 11.8 Å². The van der Waals surface area contributed by atoms with Crippen molar-refractivity contribution in [1.29, 1.82) is 0 Å². The summed E-state index contributed by atoms with van der Waals surface area (Å²) >= 11 is 0. The molecule has 1 rings (SSSR count). The molecule has 0 heterocycles. The van der Waals surface area contributed by atoms with Gasteiger partial charge in [0.25, 0.3) is 0 Å². The lowest BCUT2D eigenvalue weighted by molar-refractivity contribution is -0.110. The van der Waals surface area contributed by atoms with Crippen LogP contribution in [-0.4, -0.2) is 12.5 Å². The molecule has 64 valence electrons. The molecule has 0 aromatic carbocycles. The van der Waals surface area contributed by atoms with Crippen molar-refractivity contribution in [2.75, 3.05) is 0 Å². The minimum absolute atomic E-state index is 0.427. The molecule has 0 spiro atoms. The Balaban J connectivity index is 2.43. The van der Waals surface area contributed by atoms with E-state index in [1.165, 1.54) is 12.8 Å². The fourth-order valence-corrected chi connectivity index (χ4v) is 1.90. The number of carbonyl (C=O) groups excluding carboxylic acids is 1. The summed E-state index contributed by atoms with van der Waals surface area (Å²) in [5, 5.41) is 2.88. The molecule has 0 aliphatic heterocycles. The summed E-state index contributed by atoms with van der Waals surface area (Å²) in [5.74, 6) is 1.41. The molecule has 2 heteroatoms. The predicted octanol–water partition coefficient (Wildman–Crippen LogP) is 1.56. The second-order valence-corrected chi connectivity index (χ2v) is 3.66. The molecule has 0 aromatic heterocycles. The normalized spacial score (nSPS) is 38.2. The molecule has 0 unspecified atom stereocenters. The van der Waals surface area contributed by atoms with Crippen LogP contribution in [0.2, 0.25) is 0 Å². The monoisotopic (exact) mass is 155 g/mol. The highest BCUT2D eigenvalue weighted by Crippen LogP contribution is 2.28. The SMILES string of the molecule is C[C@@H]1[C@@H](C)CCC[C@H]1NC=O. The summed E-state index contributed by atoms with van der Waals surface area (Å²) in [6, 6.07) is 0.427. The van der Waals surface area contributed by atoms with Crippen molar-refractivity contribution in [3.8, 4) is 0 Å². The Morgan fingerprint density at radius 3 is 2.73 bits per heavy atom. The van der Waals surface area contributed by atoms with Gasteiger partial charge in [0.05, 0.1) is 0 Å². The first kappa shape index (κ1) is 8.57. The molecule has 0 radical (unpaired) electrons. The molecule has 0 saturated heterocycles. The van der Waals surface area contributed by atoms with Crippen molar-refractivity contribution in [1.82, 2.24) is 5.32 Å². The van der Waals surface area contributed by atoms with Gasteiger partial charge in [0.15, 0.2) is 0 Å². The van der Waals surface area contributed by atoms with Crippen molar-refractivity contribution >= 4 is 6.41 Å². The summed E-state index contributed by atoms with van der Waals surface area (Å²) in [6.45, 7) is 4.49. The Morgan fingerprint density at radius 2 is 2.09 bits per heavy atom. The number of hydrogen-bond acceptors (Lipinski definition) is 1. The van der Waals surface area contributed by atoms with Crippen molar-refractivity contribution in [3.63, 3.8) is 0 Å². The smallest absolute Gasteiger partial charge is 0.207 e. The van der Waals surface area contributed by atoms with Crippen molar-refractivity contribution in [2.24, 2.45) is 11.8 Å². The minimum Gasteiger partial charge on any atom is -0.356 e. The molecule has 1 aliphatic carbocycles. The molecule has 1 saturated carbocycles. The van der Waals surface area contributed by atoms with Gasteiger partial charge < -0.3 is 5.32 Å². The lowest BCUT2D eigenvalue weighted by Crippen LogP contribution is -2.39. The molecule has 1 amide bonds. The number of carbonyl (C=O) groups is 1. The van der Waals surface area contributed by atoms with Crippen molar-refractivity contribution in [2.45, 2.75) is 39.2 Å². The molecule has 1 N–H and O–H groups in total. The first-order valence-electron chi connectivity index (χ1n) is 4.45. The lowest BCUT2D eigenvalue weighted by Gasteiger charge is -2.33. The highest BCUT2D eigenvalue weighted by molar-refractivity contribution is 5.46. The maximum Gasteiger partial charge on any atom is 0.207 e. The molecule has 3 atom stereocenters. The van der Waals surface area contributed by atoms with Crippen LogP contribution in [0.1, 0.15) is 33.1 Å². The number of nitrogens with one attached hydrogen (secondary N) is 1. The fraction of sp³-hybridized carbons (Fsp3) is 0.889. The van der Waals surface area contributed by atoms with E-state index >= 15 is 0 Å². The van der Waals surface area contributed by atoms with Crippen LogP contribution in [0.5, 0.6) is 0 Å². The Bertz CT molecular complexity index is 136. The molecule has 11 heavy (non-hydrogen) atoms. The van der Waals surface area contributed by atoms with Crippen molar-refractivity contribution < 1.29 is 4.79 Å². The van der Waals surface area contributed by atoms with E-state index in [1.54, 1.807) is 0 Å². The first-order valence-corrected chi connectivity index (χ1v) is 4.45. The van der Waals surface area contributed by atoms with Crippen molar-refractivity contribution in [3.05, 3.63) is 0 Å². The van der Waals surface area contributed by atoms with E-state index in [-0.39, 0.29) is 0 Å². The van der Waals surface area contributed by atoms with Crippen LogP contribution in [-0.2, 0) is 4.79 Å². The maximum atomic E-state index is 10.2. The molecular formula is C9H17NO. The van der Waals surface area contributed by atoms with E-state index in [2.05, 4.69) is 19.2 Å². The largest absolute Gasteiger partial charge is 0.356 e. The average molecular weight is 155 g/mol. The lowest BCUT2D eigenvalue weighted by atomic mass is 9.78. The van der Waals surface area contributed by atoms with Crippen LogP contribution in [0.25, 0.3) is 0 Å². The van der Waals surface area contributed by atoms with Crippen LogP contribution >= 0.6 is 0 Å². The highest BCUT2D eigenvalue weighted by atomic mass is 16.1. The Morgan fingerprint density at radius 1 is 1.36 bits per heavy atom. The van der Waals surface area contributed by atoms with Crippen LogP contribution < -0.4 is 5.32 Å². The van der Waals surface area contributed by atoms with Gasteiger partial charge in [0.2, 0.25) is 6.41 Å². The minimum atomic E-state index is 0.427. The standard InChI is InChI=1S/C9H17NO/c1-7-4-3-5-9(8(7)2)10-6-11/h6-9H,3-5H2,1-2H3,(H,10,11)/t7-,8+,9+/m0/s1. The van der Waals surface area contributed by atoms with E-state index in [4.69, 9.17) is 0 Å². The number of rotatable bonds is 2. The van der Waals surface area contributed by atoms with Gasteiger partial charge in [0.1, 0.15) is 0 Å². The predicted molar refractivity (Wildman–Crippen MR) is 45.2 cm³/mol. The zero-order valence-electron chi connectivity index (χ0n) is 7.34. The third-order valence-electron chi connectivity index (χ3n) is 2.99. The molecular weight excluding hydrogens is 138 g/mol. The molecule has 0 bridgehead atoms. The summed E-state index contributed by atoms with van der Waals surface area (Å²) in [7, 11) is 0. The Hall–Kier alpha value is -0.530. The van der Waals surface area contributed by atoms with E-state index in [0.717, 1.165) is 18.7 Å². The average Bonchev–Trinajstić information content (AvgIpc) is 1.99. The van der Waals surface area contributed by atoms with E-state index in [1.807, 2.05) is 0 Å². The number of amides is 1. The molecule has 0 aromatic rings. The first-order chi connectivity index (χ1) is 5.25. The second-order valence-electron chi connectivity index (χ2n) is 3.66. The van der Waals surface area contributed by atoms with Gasteiger partial charge in [-0.1, -0.05) is 26.7 Å². The fourth-order valence-electron chi connectivity index (χ4n) is 1.90. The van der Waals surface area contributed by atoms with Gasteiger partial charge >= 0.3 is 0 Å².